The fraction of sp³-hybridized carbons (Fsp3) is 0.429. The molecule has 0 bridgehead atoms. The number of amides is 1. The number of benzene rings is 1. The van der Waals surface area contributed by atoms with Crippen molar-refractivity contribution in [1.29, 1.82) is 0 Å². The van der Waals surface area contributed by atoms with Gasteiger partial charge in [-0.2, -0.15) is 0 Å². The minimum atomic E-state index is -1.10. The fourth-order valence-electron chi connectivity index (χ4n) is 2.07. The van der Waals surface area contributed by atoms with Crippen molar-refractivity contribution < 1.29 is 19.8 Å². The van der Waals surface area contributed by atoms with Crippen LogP contribution in [0.4, 0.5) is 0 Å². The standard InChI is InChI=1S/C14H20N2O4/c1-3-16(14(20)12(15)8-13(18)19)9(2)10-5-4-6-11(17)7-10/h4-7,9,12,17H,3,8,15H2,1-2H3,(H,18,19). The molecule has 1 amide bonds. The molecule has 0 aromatic heterocycles. The van der Waals surface area contributed by atoms with Gasteiger partial charge in [-0.15, -0.1) is 0 Å². The first kappa shape index (κ1) is 16.0. The number of carbonyl (C=O) groups is 2. The molecule has 1 rings (SSSR count). The largest absolute Gasteiger partial charge is 0.508 e. The van der Waals surface area contributed by atoms with Gasteiger partial charge in [-0.3, -0.25) is 9.59 Å². The molecule has 0 radical (unpaired) electrons. The second kappa shape index (κ2) is 6.91. The Morgan fingerprint density at radius 3 is 2.55 bits per heavy atom. The smallest absolute Gasteiger partial charge is 0.305 e. The Labute approximate surface area is 117 Å². The maximum absolute atomic E-state index is 12.2. The Morgan fingerprint density at radius 1 is 1.40 bits per heavy atom. The molecule has 0 aliphatic heterocycles. The van der Waals surface area contributed by atoms with Gasteiger partial charge in [0.1, 0.15) is 5.75 Å². The monoisotopic (exact) mass is 280 g/mol. The molecule has 0 aliphatic rings. The van der Waals surface area contributed by atoms with Crippen LogP contribution in [0.15, 0.2) is 24.3 Å². The van der Waals surface area contributed by atoms with Crippen LogP contribution >= 0.6 is 0 Å². The Bertz CT molecular complexity index is 490. The minimum absolute atomic E-state index is 0.118. The van der Waals surface area contributed by atoms with Gasteiger partial charge in [0.05, 0.1) is 18.5 Å². The second-order valence-electron chi connectivity index (χ2n) is 4.60. The zero-order valence-electron chi connectivity index (χ0n) is 11.6. The highest BCUT2D eigenvalue weighted by molar-refractivity contribution is 5.86. The van der Waals surface area contributed by atoms with Crippen LogP contribution in [-0.4, -0.2) is 39.6 Å². The molecule has 0 aliphatic carbocycles. The molecule has 2 atom stereocenters. The molecule has 4 N–H and O–H groups in total. The summed E-state index contributed by atoms with van der Waals surface area (Å²) in [6.07, 6.45) is -0.401. The summed E-state index contributed by atoms with van der Waals surface area (Å²) in [5.74, 6) is -1.40. The molecule has 20 heavy (non-hydrogen) atoms. The predicted octanol–water partition coefficient (Wildman–Crippen LogP) is 1.10. The van der Waals surface area contributed by atoms with Crippen LogP contribution in [-0.2, 0) is 9.59 Å². The molecule has 6 nitrogen and oxygen atoms in total. The number of hydrogen-bond donors (Lipinski definition) is 3. The molecule has 6 heteroatoms. The normalized spacial score (nSPS) is 13.6. The molecule has 0 saturated carbocycles. The van der Waals surface area contributed by atoms with E-state index in [1.165, 1.54) is 4.90 Å². The van der Waals surface area contributed by atoms with E-state index in [4.69, 9.17) is 10.8 Å². The third kappa shape index (κ3) is 3.96. The van der Waals surface area contributed by atoms with Crippen molar-refractivity contribution in [2.45, 2.75) is 32.4 Å². The zero-order valence-corrected chi connectivity index (χ0v) is 11.6. The second-order valence-corrected chi connectivity index (χ2v) is 4.60. The number of phenolic OH excluding ortho intramolecular Hbond substituents is 1. The molecular weight excluding hydrogens is 260 g/mol. The SMILES string of the molecule is CCN(C(=O)C(N)CC(=O)O)C(C)c1cccc(O)c1. The molecule has 1 aromatic carbocycles. The molecule has 0 fully saturated rings. The average molecular weight is 280 g/mol. The van der Waals surface area contributed by atoms with Gasteiger partial charge in [-0.1, -0.05) is 12.1 Å². The average Bonchev–Trinajstić information content (AvgIpc) is 2.38. The van der Waals surface area contributed by atoms with E-state index in [1.807, 2.05) is 6.92 Å². The number of nitrogens with two attached hydrogens (primary N) is 1. The maximum Gasteiger partial charge on any atom is 0.305 e. The van der Waals surface area contributed by atoms with E-state index in [0.29, 0.717) is 6.54 Å². The van der Waals surface area contributed by atoms with Gasteiger partial charge >= 0.3 is 5.97 Å². The predicted molar refractivity (Wildman–Crippen MR) is 74.1 cm³/mol. The number of carbonyl (C=O) groups excluding carboxylic acids is 1. The summed E-state index contributed by atoms with van der Waals surface area (Å²) >= 11 is 0. The lowest BCUT2D eigenvalue weighted by Crippen LogP contribution is -2.45. The van der Waals surface area contributed by atoms with Crippen LogP contribution in [0.25, 0.3) is 0 Å². The quantitative estimate of drug-likeness (QED) is 0.724. The molecule has 0 saturated heterocycles. The van der Waals surface area contributed by atoms with Gasteiger partial charge in [-0.25, -0.2) is 0 Å². The first-order valence-electron chi connectivity index (χ1n) is 6.43. The van der Waals surface area contributed by atoms with E-state index < -0.39 is 24.3 Å². The molecule has 0 heterocycles. The van der Waals surface area contributed by atoms with Crippen LogP contribution in [0.1, 0.15) is 31.9 Å². The van der Waals surface area contributed by atoms with E-state index in [2.05, 4.69) is 0 Å². The van der Waals surface area contributed by atoms with Crippen LogP contribution in [0.3, 0.4) is 0 Å². The first-order chi connectivity index (χ1) is 9.36. The summed E-state index contributed by atoms with van der Waals surface area (Å²) in [6.45, 7) is 4.01. The van der Waals surface area contributed by atoms with Crippen LogP contribution in [0, 0.1) is 0 Å². The first-order valence-corrected chi connectivity index (χ1v) is 6.43. The van der Waals surface area contributed by atoms with Crippen molar-refractivity contribution in [1.82, 2.24) is 4.90 Å². The lowest BCUT2D eigenvalue weighted by molar-refractivity contribution is -0.142. The number of carboxylic acids is 1. The summed E-state index contributed by atoms with van der Waals surface area (Å²) in [4.78, 5) is 24.3. The van der Waals surface area contributed by atoms with E-state index in [1.54, 1.807) is 31.2 Å². The van der Waals surface area contributed by atoms with Crippen molar-refractivity contribution >= 4 is 11.9 Å². The van der Waals surface area contributed by atoms with E-state index >= 15 is 0 Å². The molecule has 2 unspecified atom stereocenters. The van der Waals surface area contributed by atoms with Gasteiger partial charge in [0, 0.05) is 6.54 Å². The zero-order chi connectivity index (χ0) is 15.3. The Kier molecular flexibility index (Phi) is 5.52. The van der Waals surface area contributed by atoms with Crippen molar-refractivity contribution in [3.8, 4) is 5.75 Å². The lowest BCUT2D eigenvalue weighted by atomic mass is 10.0. The number of nitrogens with zero attached hydrogens (tertiary/aromatic N) is 1. The highest BCUT2D eigenvalue weighted by Crippen LogP contribution is 2.23. The van der Waals surface area contributed by atoms with Gasteiger partial charge in [0.25, 0.3) is 0 Å². The Balaban J connectivity index is 2.89. The third-order valence-corrected chi connectivity index (χ3v) is 3.16. The molecule has 110 valence electrons. The van der Waals surface area contributed by atoms with Crippen molar-refractivity contribution in [2.75, 3.05) is 6.54 Å². The highest BCUT2D eigenvalue weighted by Gasteiger charge is 2.26. The van der Waals surface area contributed by atoms with Gasteiger partial charge in [0.2, 0.25) is 5.91 Å². The number of carboxylic acid groups (broad SMARTS) is 1. The third-order valence-electron chi connectivity index (χ3n) is 3.16. The van der Waals surface area contributed by atoms with Crippen LogP contribution in [0.2, 0.25) is 0 Å². The summed E-state index contributed by atoms with van der Waals surface area (Å²) in [5, 5.41) is 18.2. The van der Waals surface area contributed by atoms with Crippen LogP contribution < -0.4 is 5.73 Å². The van der Waals surface area contributed by atoms with Crippen LogP contribution in [0.5, 0.6) is 5.75 Å². The number of phenols is 1. The van der Waals surface area contributed by atoms with E-state index in [9.17, 15) is 14.7 Å². The molecule has 1 aromatic rings. The minimum Gasteiger partial charge on any atom is -0.508 e. The Morgan fingerprint density at radius 2 is 2.05 bits per heavy atom. The molecular formula is C14H20N2O4. The van der Waals surface area contributed by atoms with Crippen molar-refractivity contribution in [2.24, 2.45) is 5.73 Å². The number of aliphatic carboxylic acids is 1. The summed E-state index contributed by atoms with van der Waals surface area (Å²) in [6, 6.07) is 5.25. The van der Waals surface area contributed by atoms with Crippen molar-refractivity contribution in [3.63, 3.8) is 0 Å². The van der Waals surface area contributed by atoms with E-state index in [0.717, 1.165) is 5.56 Å². The summed E-state index contributed by atoms with van der Waals surface area (Å²) < 4.78 is 0. The highest BCUT2D eigenvalue weighted by atomic mass is 16.4. The van der Waals surface area contributed by atoms with Gasteiger partial charge in [-0.05, 0) is 31.5 Å². The Hall–Kier alpha value is -2.08. The topological polar surface area (TPSA) is 104 Å². The summed E-state index contributed by atoms with van der Waals surface area (Å²) in [5.41, 5.74) is 6.39. The van der Waals surface area contributed by atoms with Gasteiger partial charge < -0.3 is 20.8 Å². The van der Waals surface area contributed by atoms with E-state index in [-0.39, 0.29) is 11.8 Å². The number of aromatic hydroxyl groups is 1. The lowest BCUT2D eigenvalue weighted by Gasteiger charge is -2.30. The number of rotatable bonds is 6. The molecule has 0 spiro atoms. The number of hydrogen-bond acceptors (Lipinski definition) is 4. The maximum atomic E-state index is 12.2. The number of likely N-dealkylation sites (N-methyl/N-ethyl adjacent to an activating group) is 1. The summed E-state index contributed by atoms with van der Waals surface area (Å²) in [7, 11) is 0. The van der Waals surface area contributed by atoms with Crippen molar-refractivity contribution in [3.05, 3.63) is 29.8 Å². The fourth-order valence-corrected chi connectivity index (χ4v) is 2.07. The van der Waals surface area contributed by atoms with Gasteiger partial charge in [0.15, 0.2) is 0 Å².